The average molecular weight is 360 g/mol. The van der Waals surface area contributed by atoms with Gasteiger partial charge >= 0.3 is 0 Å². The van der Waals surface area contributed by atoms with Gasteiger partial charge in [0, 0.05) is 31.6 Å². The normalized spacial score (nSPS) is 20.2. The molecule has 0 spiro atoms. The maximum Gasteiger partial charge on any atom is 0.271 e. The van der Waals surface area contributed by atoms with Crippen LogP contribution in [0.3, 0.4) is 0 Å². The number of hydrogen-bond donors (Lipinski definition) is 2. The van der Waals surface area contributed by atoms with Gasteiger partial charge in [-0.25, -0.2) is 9.97 Å². The smallest absolute Gasteiger partial charge is 0.271 e. The fourth-order valence-electron chi connectivity index (χ4n) is 3.27. The molecule has 1 atom stereocenters. The zero-order valence-corrected chi connectivity index (χ0v) is 14.5. The third-order valence-electron chi connectivity index (χ3n) is 4.53. The Labute approximate surface area is 149 Å². The number of carbonyl (C=O) groups excluding carboxylic acids is 1. The zero-order chi connectivity index (χ0) is 17.4. The van der Waals surface area contributed by atoms with Crippen molar-refractivity contribution < 1.29 is 9.53 Å². The van der Waals surface area contributed by atoms with Crippen LogP contribution in [0, 0.1) is 0 Å². The third-order valence-corrected chi connectivity index (χ3v) is 4.75. The number of aromatic nitrogens is 4. The summed E-state index contributed by atoms with van der Waals surface area (Å²) in [5.41, 5.74) is 1.26. The van der Waals surface area contributed by atoms with Gasteiger partial charge in [0.05, 0.1) is 17.3 Å². The van der Waals surface area contributed by atoms with Gasteiger partial charge in [0.15, 0.2) is 0 Å². The molecular formula is C17H18ClN5O2. The number of imidazole rings is 2. The van der Waals surface area contributed by atoms with Crippen LogP contribution in [0.1, 0.15) is 35.4 Å². The molecular weight excluding hydrogens is 342 g/mol. The Bertz CT molecular complexity index is 913. The first-order valence-electron chi connectivity index (χ1n) is 8.19. The standard InChI is InChI=1S/C17H18ClN5O2/c1-2-12-14(23-9-11(18)3-4-13(23)21-12)15(24)22-17(5-8-25-10-17)16-19-6-7-20-16/h3-4,6-7,9H,2,5,8,10H2,1H3,(H,19,20)(H,22,24). The molecule has 3 aromatic rings. The van der Waals surface area contributed by atoms with Crippen molar-refractivity contribution in [3.05, 3.63) is 53.0 Å². The molecule has 4 rings (SSSR count). The Morgan fingerprint density at radius 1 is 1.52 bits per heavy atom. The van der Waals surface area contributed by atoms with E-state index < -0.39 is 5.54 Å². The quantitative estimate of drug-likeness (QED) is 0.748. The lowest BCUT2D eigenvalue weighted by molar-refractivity contribution is 0.0862. The van der Waals surface area contributed by atoms with E-state index >= 15 is 0 Å². The molecule has 0 bridgehead atoms. The molecule has 0 radical (unpaired) electrons. The molecule has 1 fully saturated rings. The SMILES string of the molecule is CCc1nc2ccc(Cl)cn2c1C(=O)NC1(c2ncc[nH]2)CCOC1. The van der Waals surface area contributed by atoms with Crippen molar-refractivity contribution in [2.24, 2.45) is 0 Å². The summed E-state index contributed by atoms with van der Waals surface area (Å²) in [6.45, 7) is 2.92. The molecule has 25 heavy (non-hydrogen) atoms. The molecule has 0 aliphatic carbocycles. The average Bonchev–Trinajstić information content (AvgIpc) is 3.33. The van der Waals surface area contributed by atoms with Crippen LogP contribution in [0.15, 0.2) is 30.7 Å². The first-order chi connectivity index (χ1) is 12.1. The topological polar surface area (TPSA) is 84.3 Å². The Morgan fingerprint density at radius 2 is 2.40 bits per heavy atom. The Morgan fingerprint density at radius 3 is 3.08 bits per heavy atom. The minimum atomic E-state index is -0.658. The first-order valence-corrected chi connectivity index (χ1v) is 8.57. The van der Waals surface area contributed by atoms with E-state index in [4.69, 9.17) is 16.3 Å². The van der Waals surface area contributed by atoms with Crippen molar-refractivity contribution in [1.29, 1.82) is 0 Å². The van der Waals surface area contributed by atoms with E-state index in [-0.39, 0.29) is 5.91 Å². The summed E-state index contributed by atoms with van der Waals surface area (Å²) >= 11 is 6.11. The van der Waals surface area contributed by atoms with Crippen molar-refractivity contribution in [1.82, 2.24) is 24.7 Å². The summed E-state index contributed by atoms with van der Waals surface area (Å²) in [6.07, 6.45) is 6.43. The van der Waals surface area contributed by atoms with Gasteiger partial charge in [0.2, 0.25) is 0 Å². The summed E-state index contributed by atoms with van der Waals surface area (Å²) in [6, 6.07) is 3.57. The maximum absolute atomic E-state index is 13.2. The van der Waals surface area contributed by atoms with Crippen LogP contribution in [0.4, 0.5) is 0 Å². The Hall–Kier alpha value is -2.38. The van der Waals surface area contributed by atoms with Crippen LogP contribution in [0.25, 0.3) is 5.65 Å². The molecule has 1 aliphatic heterocycles. The number of ether oxygens (including phenoxy) is 1. The van der Waals surface area contributed by atoms with Gasteiger partial charge in [-0.1, -0.05) is 18.5 Å². The van der Waals surface area contributed by atoms with Crippen LogP contribution in [0.2, 0.25) is 5.02 Å². The van der Waals surface area contributed by atoms with Crippen molar-refractivity contribution in [2.45, 2.75) is 25.3 Å². The lowest BCUT2D eigenvalue weighted by Crippen LogP contribution is -2.47. The largest absolute Gasteiger partial charge is 0.378 e. The summed E-state index contributed by atoms with van der Waals surface area (Å²) in [5.74, 6) is 0.483. The van der Waals surface area contributed by atoms with E-state index in [9.17, 15) is 4.79 Å². The lowest BCUT2D eigenvalue weighted by atomic mass is 9.97. The predicted molar refractivity (Wildman–Crippen MR) is 92.7 cm³/mol. The molecule has 7 nitrogen and oxygen atoms in total. The molecule has 1 unspecified atom stereocenters. The van der Waals surface area contributed by atoms with Crippen LogP contribution < -0.4 is 5.32 Å². The van der Waals surface area contributed by atoms with Gasteiger partial charge in [-0.15, -0.1) is 0 Å². The molecule has 2 N–H and O–H groups in total. The van der Waals surface area contributed by atoms with Gasteiger partial charge in [-0.2, -0.15) is 0 Å². The molecule has 130 valence electrons. The number of hydrogen-bond acceptors (Lipinski definition) is 4. The van der Waals surface area contributed by atoms with Gasteiger partial charge in [-0.3, -0.25) is 9.20 Å². The maximum atomic E-state index is 13.2. The highest BCUT2D eigenvalue weighted by molar-refractivity contribution is 6.30. The molecule has 3 aromatic heterocycles. The van der Waals surface area contributed by atoms with Crippen molar-refractivity contribution in [3.8, 4) is 0 Å². The fourth-order valence-corrected chi connectivity index (χ4v) is 3.43. The molecule has 1 saturated heterocycles. The number of aromatic amines is 1. The van der Waals surface area contributed by atoms with Crippen LogP contribution >= 0.6 is 11.6 Å². The van der Waals surface area contributed by atoms with Gasteiger partial charge in [-0.05, 0) is 18.6 Å². The molecule has 0 aromatic carbocycles. The molecule has 1 amide bonds. The zero-order valence-electron chi connectivity index (χ0n) is 13.8. The number of aryl methyl sites for hydroxylation is 1. The second kappa shape index (κ2) is 6.16. The molecule has 8 heteroatoms. The summed E-state index contributed by atoms with van der Waals surface area (Å²) in [4.78, 5) is 25.1. The number of halogens is 1. The molecule has 4 heterocycles. The second-order valence-electron chi connectivity index (χ2n) is 6.11. The number of amides is 1. The number of carbonyl (C=O) groups is 1. The van der Waals surface area contributed by atoms with E-state index in [1.165, 1.54) is 0 Å². The van der Waals surface area contributed by atoms with E-state index in [0.29, 0.717) is 48.2 Å². The van der Waals surface area contributed by atoms with Gasteiger partial charge < -0.3 is 15.0 Å². The minimum absolute atomic E-state index is 0.214. The Kier molecular flexibility index (Phi) is 3.97. The highest BCUT2D eigenvalue weighted by Crippen LogP contribution is 2.29. The van der Waals surface area contributed by atoms with E-state index in [2.05, 4.69) is 20.3 Å². The number of fused-ring (bicyclic) bond motifs is 1. The minimum Gasteiger partial charge on any atom is -0.378 e. The van der Waals surface area contributed by atoms with Crippen molar-refractivity contribution >= 4 is 23.2 Å². The van der Waals surface area contributed by atoms with Crippen LogP contribution in [-0.2, 0) is 16.7 Å². The number of nitrogens with one attached hydrogen (secondary N) is 2. The number of rotatable bonds is 4. The Balaban J connectivity index is 1.76. The highest BCUT2D eigenvalue weighted by atomic mass is 35.5. The van der Waals surface area contributed by atoms with E-state index in [0.717, 1.165) is 5.69 Å². The summed E-state index contributed by atoms with van der Waals surface area (Å²) < 4.78 is 7.29. The van der Waals surface area contributed by atoms with Crippen LogP contribution in [-0.4, -0.2) is 38.5 Å². The summed E-state index contributed by atoms with van der Waals surface area (Å²) in [5, 5.41) is 3.67. The lowest BCUT2D eigenvalue weighted by Gasteiger charge is -2.26. The van der Waals surface area contributed by atoms with Crippen molar-refractivity contribution in [3.63, 3.8) is 0 Å². The van der Waals surface area contributed by atoms with E-state index in [1.807, 2.05) is 6.92 Å². The van der Waals surface area contributed by atoms with Gasteiger partial charge in [0.25, 0.3) is 5.91 Å². The number of H-pyrrole nitrogens is 1. The van der Waals surface area contributed by atoms with Crippen molar-refractivity contribution in [2.75, 3.05) is 13.2 Å². The monoisotopic (exact) mass is 359 g/mol. The fraction of sp³-hybridized carbons (Fsp3) is 0.353. The summed E-state index contributed by atoms with van der Waals surface area (Å²) in [7, 11) is 0. The predicted octanol–water partition coefficient (Wildman–Crippen LogP) is 2.32. The number of nitrogens with zero attached hydrogens (tertiary/aromatic N) is 3. The highest BCUT2D eigenvalue weighted by Gasteiger charge is 2.41. The van der Waals surface area contributed by atoms with E-state index in [1.54, 1.807) is 35.1 Å². The molecule has 0 saturated carbocycles. The first kappa shape index (κ1) is 16.1. The van der Waals surface area contributed by atoms with Crippen LogP contribution in [0.5, 0.6) is 0 Å². The van der Waals surface area contributed by atoms with Gasteiger partial charge in [0.1, 0.15) is 22.7 Å². The number of pyridine rings is 1. The molecule has 1 aliphatic rings. The third kappa shape index (κ3) is 2.69. The second-order valence-corrected chi connectivity index (χ2v) is 6.55.